The van der Waals surface area contributed by atoms with Crippen molar-refractivity contribution in [3.63, 3.8) is 0 Å². The number of anilines is 1. The van der Waals surface area contributed by atoms with E-state index < -0.39 is 0 Å². The number of hydrogen-bond donors (Lipinski definition) is 1. The molecule has 2 aromatic rings. The molecular weight excluding hydrogens is 312 g/mol. The summed E-state index contributed by atoms with van der Waals surface area (Å²) in [5.74, 6) is 2.44. The van der Waals surface area contributed by atoms with Gasteiger partial charge in [0.2, 0.25) is 5.82 Å². The maximum Gasteiger partial charge on any atom is 0.201 e. The minimum absolute atomic E-state index is 0.428. The molecule has 0 bridgehead atoms. The summed E-state index contributed by atoms with van der Waals surface area (Å²) < 4.78 is 0. The van der Waals surface area contributed by atoms with Crippen molar-refractivity contribution in [3.8, 4) is 11.6 Å². The van der Waals surface area contributed by atoms with Gasteiger partial charge >= 0.3 is 0 Å². The molecule has 6 nitrogen and oxygen atoms in total. The predicted molar refractivity (Wildman–Crippen MR) is 91.5 cm³/mol. The van der Waals surface area contributed by atoms with E-state index in [2.05, 4.69) is 44.2 Å². The third-order valence-corrected chi connectivity index (χ3v) is 4.53. The van der Waals surface area contributed by atoms with Crippen molar-refractivity contribution in [3.05, 3.63) is 29.2 Å². The van der Waals surface area contributed by atoms with Crippen molar-refractivity contribution >= 4 is 17.4 Å². The van der Waals surface area contributed by atoms with Crippen molar-refractivity contribution in [2.75, 3.05) is 26.0 Å². The van der Waals surface area contributed by atoms with Gasteiger partial charge in [0.15, 0.2) is 5.82 Å². The first kappa shape index (κ1) is 16.1. The molecule has 1 saturated carbocycles. The zero-order valence-electron chi connectivity index (χ0n) is 13.6. The maximum absolute atomic E-state index is 6.26. The standard InChI is InChI=1S/C16H21ClN6/c1-10-13(17)21-16(15-18-7-4-8-19-15)22-14(10)20-9-12(23(2)3)11-5-6-11/h4,7-8,11-12H,5-6,9H2,1-3H3,(H,20,21,22). The summed E-state index contributed by atoms with van der Waals surface area (Å²) in [5.41, 5.74) is 0.847. The topological polar surface area (TPSA) is 66.8 Å². The molecule has 1 unspecified atom stereocenters. The van der Waals surface area contributed by atoms with Crippen molar-refractivity contribution in [1.29, 1.82) is 0 Å². The summed E-state index contributed by atoms with van der Waals surface area (Å²) in [4.78, 5) is 19.5. The van der Waals surface area contributed by atoms with E-state index in [1.165, 1.54) is 12.8 Å². The van der Waals surface area contributed by atoms with Gasteiger partial charge in [0.25, 0.3) is 0 Å². The van der Waals surface area contributed by atoms with Crippen LogP contribution in [0.2, 0.25) is 5.15 Å². The molecule has 1 fully saturated rings. The van der Waals surface area contributed by atoms with Gasteiger partial charge in [-0.25, -0.2) is 19.9 Å². The lowest BCUT2D eigenvalue weighted by atomic mass is 10.1. The van der Waals surface area contributed by atoms with Crippen LogP contribution in [0.4, 0.5) is 5.82 Å². The average molecular weight is 333 g/mol. The van der Waals surface area contributed by atoms with Crippen molar-refractivity contribution in [2.45, 2.75) is 25.8 Å². The van der Waals surface area contributed by atoms with Crippen LogP contribution in [0.5, 0.6) is 0 Å². The van der Waals surface area contributed by atoms with Gasteiger partial charge in [-0.1, -0.05) is 11.6 Å². The van der Waals surface area contributed by atoms with E-state index >= 15 is 0 Å². The lowest BCUT2D eigenvalue weighted by molar-refractivity contribution is 0.276. The van der Waals surface area contributed by atoms with Crippen LogP contribution >= 0.6 is 11.6 Å². The molecule has 122 valence electrons. The fourth-order valence-corrected chi connectivity index (χ4v) is 2.80. The van der Waals surface area contributed by atoms with E-state index in [1.807, 2.05) is 6.92 Å². The number of aromatic nitrogens is 4. The van der Waals surface area contributed by atoms with E-state index in [4.69, 9.17) is 11.6 Å². The minimum atomic E-state index is 0.428. The van der Waals surface area contributed by atoms with E-state index in [0.29, 0.717) is 22.8 Å². The van der Waals surface area contributed by atoms with Crippen LogP contribution in [0.1, 0.15) is 18.4 Å². The number of halogens is 1. The number of nitrogens with one attached hydrogen (secondary N) is 1. The Balaban J connectivity index is 1.82. The van der Waals surface area contributed by atoms with Crippen molar-refractivity contribution in [1.82, 2.24) is 24.8 Å². The molecule has 0 spiro atoms. The zero-order valence-corrected chi connectivity index (χ0v) is 14.4. The van der Waals surface area contributed by atoms with Crippen molar-refractivity contribution < 1.29 is 0 Å². The molecule has 2 heterocycles. The molecule has 1 atom stereocenters. The quantitative estimate of drug-likeness (QED) is 0.820. The third-order valence-electron chi connectivity index (χ3n) is 4.16. The maximum atomic E-state index is 6.26. The Labute approximate surface area is 141 Å². The summed E-state index contributed by atoms with van der Waals surface area (Å²) in [6.07, 6.45) is 5.94. The molecule has 7 heteroatoms. The first-order valence-electron chi connectivity index (χ1n) is 7.78. The largest absolute Gasteiger partial charge is 0.368 e. The van der Waals surface area contributed by atoms with Crippen LogP contribution in [0.25, 0.3) is 11.6 Å². The van der Waals surface area contributed by atoms with Gasteiger partial charge in [0.1, 0.15) is 11.0 Å². The van der Waals surface area contributed by atoms with E-state index in [1.54, 1.807) is 18.5 Å². The second kappa shape index (κ2) is 6.76. The van der Waals surface area contributed by atoms with Gasteiger partial charge < -0.3 is 10.2 Å². The molecule has 1 aliphatic rings. The van der Waals surface area contributed by atoms with Gasteiger partial charge in [-0.2, -0.15) is 0 Å². The molecule has 0 aromatic carbocycles. The number of likely N-dealkylation sites (N-methyl/N-ethyl adjacent to an activating group) is 1. The summed E-state index contributed by atoms with van der Waals surface area (Å²) in [5, 5.41) is 3.86. The molecular formula is C16H21ClN6. The van der Waals surface area contributed by atoms with Gasteiger partial charge in [-0.05, 0) is 45.8 Å². The Kier molecular flexibility index (Phi) is 4.73. The monoisotopic (exact) mass is 332 g/mol. The molecule has 2 aromatic heterocycles. The molecule has 1 aliphatic carbocycles. The summed E-state index contributed by atoms with van der Waals surface area (Å²) in [6, 6.07) is 2.26. The molecule has 23 heavy (non-hydrogen) atoms. The fraction of sp³-hybridized carbons (Fsp3) is 0.500. The highest BCUT2D eigenvalue weighted by Gasteiger charge is 2.32. The average Bonchev–Trinajstić information content (AvgIpc) is 3.36. The Morgan fingerprint density at radius 3 is 2.52 bits per heavy atom. The summed E-state index contributed by atoms with van der Waals surface area (Å²) in [7, 11) is 4.24. The van der Waals surface area contributed by atoms with Gasteiger partial charge in [0, 0.05) is 30.5 Å². The molecule has 1 N–H and O–H groups in total. The highest BCUT2D eigenvalue weighted by molar-refractivity contribution is 6.30. The van der Waals surface area contributed by atoms with Crippen LogP contribution in [0.3, 0.4) is 0 Å². The van der Waals surface area contributed by atoms with Crippen LogP contribution in [0, 0.1) is 12.8 Å². The van der Waals surface area contributed by atoms with Gasteiger partial charge in [-0.15, -0.1) is 0 Å². The molecule has 0 saturated heterocycles. The Morgan fingerprint density at radius 2 is 1.91 bits per heavy atom. The molecule has 0 radical (unpaired) electrons. The molecule has 0 aliphatic heterocycles. The normalized spacial score (nSPS) is 15.7. The van der Waals surface area contributed by atoms with Crippen LogP contribution < -0.4 is 5.32 Å². The third kappa shape index (κ3) is 3.76. The second-order valence-corrected chi connectivity index (χ2v) is 6.49. The van der Waals surface area contributed by atoms with Gasteiger partial charge in [-0.3, -0.25) is 0 Å². The van der Waals surface area contributed by atoms with E-state index in [0.717, 1.165) is 23.8 Å². The van der Waals surface area contributed by atoms with Crippen molar-refractivity contribution in [2.24, 2.45) is 5.92 Å². The SMILES string of the molecule is Cc1c(Cl)nc(-c2ncccn2)nc1NCC(C1CC1)N(C)C. The summed E-state index contributed by atoms with van der Waals surface area (Å²) in [6.45, 7) is 2.75. The lowest BCUT2D eigenvalue weighted by Crippen LogP contribution is -2.36. The van der Waals surface area contributed by atoms with Crippen LogP contribution in [-0.2, 0) is 0 Å². The number of hydrogen-bond acceptors (Lipinski definition) is 6. The number of nitrogens with zero attached hydrogens (tertiary/aromatic N) is 5. The molecule has 0 amide bonds. The molecule has 3 rings (SSSR count). The summed E-state index contributed by atoms with van der Waals surface area (Å²) >= 11 is 6.26. The predicted octanol–water partition coefficient (Wildman–Crippen LogP) is 2.65. The van der Waals surface area contributed by atoms with E-state index in [9.17, 15) is 0 Å². The first-order chi connectivity index (χ1) is 11.1. The van der Waals surface area contributed by atoms with Gasteiger partial charge in [0.05, 0.1) is 0 Å². The highest BCUT2D eigenvalue weighted by Crippen LogP contribution is 2.35. The lowest BCUT2D eigenvalue weighted by Gasteiger charge is -2.25. The smallest absolute Gasteiger partial charge is 0.201 e. The Hall–Kier alpha value is -1.79. The first-order valence-corrected chi connectivity index (χ1v) is 8.16. The fourth-order valence-electron chi connectivity index (χ4n) is 2.63. The number of rotatable bonds is 6. The highest BCUT2D eigenvalue weighted by atomic mass is 35.5. The van der Waals surface area contributed by atoms with Crippen LogP contribution in [0.15, 0.2) is 18.5 Å². The Morgan fingerprint density at radius 1 is 1.22 bits per heavy atom. The zero-order chi connectivity index (χ0) is 16.4. The Bertz CT molecular complexity index is 670. The second-order valence-electron chi connectivity index (χ2n) is 6.13. The van der Waals surface area contributed by atoms with Crippen LogP contribution in [-0.4, -0.2) is 51.5 Å². The minimum Gasteiger partial charge on any atom is -0.368 e. The van der Waals surface area contributed by atoms with E-state index in [-0.39, 0.29) is 0 Å².